The van der Waals surface area contributed by atoms with Crippen molar-refractivity contribution in [1.82, 2.24) is 10.2 Å². The van der Waals surface area contributed by atoms with E-state index in [-0.39, 0.29) is 6.10 Å². The fourth-order valence-electron chi connectivity index (χ4n) is 3.71. The Kier molecular flexibility index (Phi) is 5.28. The maximum absolute atomic E-state index is 10.1. The Morgan fingerprint density at radius 3 is 2.71 bits per heavy atom. The van der Waals surface area contributed by atoms with Gasteiger partial charge in [-0.15, -0.1) is 0 Å². The monoisotopic (exact) mass is 288 g/mol. The second-order valence-electron chi connectivity index (χ2n) is 6.65. The lowest BCUT2D eigenvalue weighted by Crippen LogP contribution is -2.48. The molecular formula is C18H28N2O. The minimum Gasteiger partial charge on any atom is -0.392 e. The number of nitrogens with zero attached hydrogens (tertiary/aromatic N) is 1. The average Bonchev–Trinajstić information content (AvgIpc) is 2.96. The van der Waals surface area contributed by atoms with E-state index in [2.05, 4.69) is 40.5 Å². The molecule has 1 saturated heterocycles. The molecule has 0 bridgehead atoms. The van der Waals surface area contributed by atoms with Crippen LogP contribution in [0.4, 0.5) is 0 Å². The van der Waals surface area contributed by atoms with Gasteiger partial charge in [-0.2, -0.15) is 0 Å². The van der Waals surface area contributed by atoms with Crippen LogP contribution < -0.4 is 5.32 Å². The van der Waals surface area contributed by atoms with E-state index in [9.17, 15) is 5.11 Å². The van der Waals surface area contributed by atoms with E-state index < -0.39 is 0 Å². The molecule has 3 unspecified atom stereocenters. The van der Waals surface area contributed by atoms with E-state index in [4.69, 9.17) is 0 Å². The number of hydrogen-bond donors (Lipinski definition) is 2. The highest BCUT2D eigenvalue weighted by molar-refractivity contribution is 5.14. The van der Waals surface area contributed by atoms with Crippen molar-refractivity contribution in [2.45, 2.75) is 56.7 Å². The van der Waals surface area contributed by atoms with Crippen LogP contribution in [0.5, 0.6) is 0 Å². The summed E-state index contributed by atoms with van der Waals surface area (Å²) in [4.78, 5) is 2.56. The third-order valence-corrected chi connectivity index (χ3v) is 5.01. The number of hydrogen-bond acceptors (Lipinski definition) is 3. The van der Waals surface area contributed by atoms with Crippen LogP contribution in [0.2, 0.25) is 0 Å². The van der Waals surface area contributed by atoms with Gasteiger partial charge in [-0.3, -0.25) is 0 Å². The number of aliphatic hydroxyl groups is 1. The number of nitrogens with one attached hydrogen (secondary N) is 1. The van der Waals surface area contributed by atoms with Gasteiger partial charge in [0.05, 0.1) is 6.10 Å². The minimum atomic E-state index is -0.128. The zero-order chi connectivity index (χ0) is 14.5. The largest absolute Gasteiger partial charge is 0.392 e. The predicted octanol–water partition coefficient (Wildman–Crippen LogP) is 2.20. The van der Waals surface area contributed by atoms with Gasteiger partial charge in [-0.05, 0) is 37.8 Å². The molecule has 3 rings (SSSR count). The average molecular weight is 288 g/mol. The van der Waals surface area contributed by atoms with E-state index in [1.54, 1.807) is 0 Å². The lowest BCUT2D eigenvalue weighted by Gasteiger charge is -2.31. The smallest absolute Gasteiger partial charge is 0.0693 e. The Bertz CT molecular complexity index is 422. The van der Waals surface area contributed by atoms with Crippen molar-refractivity contribution in [1.29, 1.82) is 0 Å². The highest BCUT2D eigenvalue weighted by atomic mass is 16.3. The van der Waals surface area contributed by atoms with Crippen molar-refractivity contribution in [3.63, 3.8) is 0 Å². The lowest BCUT2D eigenvalue weighted by molar-refractivity contribution is 0.0852. The van der Waals surface area contributed by atoms with Crippen molar-refractivity contribution >= 4 is 0 Å². The highest BCUT2D eigenvalue weighted by Gasteiger charge is 2.28. The summed E-state index contributed by atoms with van der Waals surface area (Å²) >= 11 is 0. The van der Waals surface area contributed by atoms with Crippen LogP contribution in [0.25, 0.3) is 0 Å². The maximum atomic E-state index is 10.1. The van der Waals surface area contributed by atoms with Crippen molar-refractivity contribution in [3.05, 3.63) is 35.9 Å². The van der Waals surface area contributed by atoms with Crippen molar-refractivity contribution < 1.29 is 5.11 Å². The molecule has 2 fully saturated rings. The molecule has 1 aromatic carbocycles. The fourth-order valence-corrected chi connectivity index (χ4v) is 3.71. The molecule has 0 aromatic heterocycles. The third kappa shape index (κ3) is 4.29. The molecule has 2 N–H and O–H groups in total. The molecule has 0 radical (unpaired) electrons. The first-order valence-corrected chi connectivity index (χ1v) is 8.51. The zero-order valence-electron chi connectivity index (χ0n) is 12.9. The third-order valence-electron chi connectivity index (χ3n) is 5.01. The maximum Gasteiger partial charge on any atom is 0.0693 e. The zero-order valence-corrected chi connectivity index (χ0v) is 12.9. The first-order valence-electron chi connectivity index (χ1n) is 8.51. The second-order valence-corrected chi connectivity index (χ2v) is 6.65. The minimum absolute atomic E-state index is 0.128. The molecule has 2 aliphatic rings. The first-order chi connectivity index (χ1) is 10.3. The molecule has 3 nitrogen and oxygen atoms in total. The molecule has 116 valence electrons. The summed E-state index contributed by atoms with van der Waals surface area (Å²) in [6, 6.07) is 11.6. The Balaban J connectivity index is 1.41. The molecule has 1 aliphatic heterocycles. The standard InChI is InChI=1S/C18H28N2O/c21-18-9-5-4-8-17(18)19-16-11-13-20(14-16)12-10-15-6-2-1-3-7-15/h1-3,6-7,16-19,21H,4-5,8-14H2. The van der Waals surface area contributed by atoms with Crippen molar-refractivity contribution in [3.8, 4) is 0 Å². The first kappa shape index (κ1) is 15.0. The summed E-state index contributed by atoms with van der Waals surface area (Å²) in [5.74, 6) is 0. The summed E-state index contributed by atoms with van der Waals surface area (Å²) in [5, 5.41) is 13.8. The Morgan fingerprint density at radius 1 is 1.10 bits per heavy atom. The van der Waals surface area contributed by atoms with Crippen molar-refractivity contribution in [2.75, 3.05) is 19.6 Å². The Hall–Kier alpha value is -0.900. The summed E-state index contributed by atoms with van der Waals surface area (Å²) in [7, 11) is 0. The van der Waals surface area contributed by atoms with E-state index >= 15 is 0 Å². The van der Waals surface area contributed by atoms with Gasteiger partial charge in [0.1, 0.15) is 0 Å². The molecule has 1 aromatic rings. The number of benzene rings is 1. The van der Waals surface area contributed by atoms with E-state index in [0.717, 1.165) is 32.4 Å². The van der Waals surface area contributed by atoms with Gasteiger partial charge < -0.3 is 15.3 Å². The molecule has 1 aliphatic carbocycles. The van der Waals surface area contributed by atoms with E-state index in [1.165, 1.54) is 31.4 Å². The SMILES string of the molecule is OC1CCCCC1NC1CCN(CCc2ccccc2)C1. The molecular weight excluding hydrogens is 260 g/mol. The fraction of sp³-hybridized carbons (Fsp3) is 0.667. The van der Waals surface area contributed by atoms with Crippen LogP contribution in [0, 0.1) is 0 Å². The van der Waals surface area contributed by atoms with E-state index in [1.807, 2.05) is 0 Å². The highest BCUT2D eigenvalue weighted by Crippen LogP contribution is 2.20. The van der Waals surface area contributed by atoms with Crippen LogP contribution in [0.1, 0.15) is 37.7 Å². The van der Waals surface area contributed by atoms with Crippen LogP contribution in [-0.2, 0) is 6.42 Å². The Morgan fingerprint density at radius 2 is 1.90 bits per heavy atom. The van der Waals surface area contributed by atoms with Gasteiger partial charge in [0.2, 0.25) is 0 Å². The number of aliphatic hydroxyl groups excluding tert-OH is 1. The van der Waals surface area contributed by atoms with Gasteiger partial charge in [0.25, 0.3) is 0 Å². The predicted molar refractivity (Wildman–Crippen MR) is 86.4 cm³/mol. The van der Waals surface area contributed by atoms with Gasteiger partial charge >= 0.3 is 0 Å². The molecule has 0 spiro atoms. The van der Waals surface area contributed by atoms with Crippen LogP contribution in [0.15, 0.2) is 30.3 Å². The normalized spacial score (nSPS) is 30.6. The molecule has 1 saturated carbocycles. The lowest BCUT2D eigenvalue weighted by atomic mass is 9.92. The summed E-state index contributed by atoms with van der Waals surface area (Å²) in [6.07, 6.45) is 6.80. The summed E-state index contributed by atoms with van der Waals surface area (Å²) in [5.41, 5.74) is 1.43. The number of rotatable bonds is 5. The van der Waals surface area contributed by atoms with E-state index in [0.29, 0.717) is 12.1 Å². The molecule has 0 amide bonds. The molecule has 21 heavy (non-hydrogen) atoms. The van der Waals surface area contributed by atoms with Crippen LogP contribution in [-0.4, -0.2) is 47.8 Å². The summed E-state index contributed by atoms with van der Waals surface area (Å²) < 4.78 is 0. The van der Waals surface area contributed by atoms with Gasteiger partial charge in [0, 0.05) is 25.2 Å². The van der Waals surface area contributed by atoms with Gasteiger partial charge in [-0.1, -0.05) is 43.2 Å². The molecule has 1 heterocycles. The van der Waals surface area contributed by atoms with Crippen LogP contribution >= 0.6 is 0 Å². The topological polar surface area (TPSA) is 35.5 Å². The number of likely N-dealkylation sites (tertiary alicyclic amines) is 1. The van der Waals surface area contributed by atoms with Gasteiger partial charge in [-0.25, -0.2) is 0 Å². The second kappa shape index (κ2) is 7.39. The van der Waals surface area contributed by atoms with Crippen LogP contribution in [0.3, 0.4) is 0 Å². The van der Waals surface area contributed by atoms with Gasteiger partial charge in [0.15, 0.2) is 0 Å². The quantitative estimate of drug-likeness (QED) is 0.872. The molecule has 3 atom stereocenters. The summed E-state index contributed by atoms with van der Waals surface area (Å²) in [6.45, 7) is 3.47. The molecule has 3 heteroatoms. The Labute approximate surface area is 128 Å². The van der Waals surface area contributed by atoms with Crippen molar-refractivity contribution in [2.24, 2.45) is 0 Å².